The topological polar surface area (TPSA) is 227 Å². The number of aromatic nitrogens is 4. The minimum atomic E-state index is -2.53. The molecule has 21 heteroatoms. The maximum Gasteiger partial charge on any atom is 0.332 e. The second-order valence-corrected chi connectivity index (χ2v) is 25.0. The summed E-state index contributed by atoms with van der Waals surface area (Å²) >= 11 is 12.7. The number of methoxy groups -OCH3 is 2. The molecule has 0 saturated heterocycles. The Labute approximate surface area is 460 Å². The Morgan fingerprint density at radius 3 is 1.46 bits per heavy atom. The smallest absolute Gasteiger partial charge is 0.332 e. The molecule has 2 heterocycles. The van der Waals surface area contributed by atoms with Crippen LogP contribution in [0, 0.1) is 0 Å². The minimum Gasteiger partial charge on any atom is -0.496 e. The number of anilines is 6. The van der Waals surface area contributed by atoms with Gasteiger partial charge in [0.15, 0.2) is 11.6 Å². The summed E-state index contributed by atoms with van der Waals surface area (Å²) in [6.45, 7) is 15.0. The van der Waals surface area contributed by atoms with Crippen molar-refractivity contribution in [3.8, 4) is 11.5 Å². The number of carbonyl (C=O) groups is 2. The number of amides is 1. The van der Waals surface area contributed by atoms with E-state index in [1.807, 2.05) is 85.7 Å². The Balaban J connectivity index is 0.000000644. The standard InChI is InChI=1S/C26H31ClN5O3P.C20H22ClN4O2P.C6H11NO2.3CH4/c1-17(16-32(2)3)26(33)29-19-11-12-22(35-4)18(13-19)14-24-28-15-20(27)25(31-24)30-21-9-7-8-10-23(21)36(5,6)34;1-27-17-9-8-14(22)10-13(17)11-19-23-12-15(21)20(25-19)24-16-6-4-5-7-18(16)28(2,3)26;1-5(6(8)9)4-7(2)3;;;/h7-13,15H,1,14,16H2,2-6H3,(H,29,33)(H,28,30,31);4-10,12H,11,22H2,1-3H3,(H,23,24,25);1,4H2,2-3H3,(H,8,9);3*1H4. The van der Waals surface area contributed by atoms with Crippen LogP contribution < -0.4 is 41.8 Å². The molecule has 0 unspecified atom stereocenters. The highest BCUT2D eigenvalue weighted by atomic mass is 35.5. The number of nitrogens with one attached hydrogen (secondary N) is 3. The van der Waals surface area contributed by atoms with E-state index in [4.69, 9.17) is 43.5 Å². The summed E-state index contributed by atoms with van der Waals surface area (Å²) in [6.07, 6.45) is 3.83. The van der Waals surface area contributed by atoms with E-state index in [-0.39, 0.29) is 33.8 Å². The molecule has 0 saturated carbocycles. The molecule has 6 aromatic rings. The van der Waals surface area contributed by atoms with E-state index in [1.54, 1.807) is 84.3 Å². The number of likely N-dealkylation sites (N-methyl/N-ethyl adjacent to an activating group) is 2. The van der Waals surface area contributed by atoms with E-state index in [1.165, 1.54) is 6.20 Å². The lowest BCUT2D eigenvalue weighted by Gasteiger charge is -2.16. The minimum absolute atomic E-state index is 0. The SMILES string of the molecule is C.C.C.C=C(CN(C)C)C(=O)Nc1ccc(OC)c(Cc2ncc(Cl)c(Nc3ccccc3P(C)(C)=O)n2)c1.C=C(CN(C)C)C(=O)O.COc1ccc(N)cc1Cc1ncc(Cl)c(Nc2ccccc2P(C)(C)=O)n1. The van der Waals surface area contributed by atoms with Crippen LogP contribution in [-0.2, 0) is 31.6 Å². The van der Waals surface area contributed by atoms with Crippen molar-refractivity contribution in [2.24, 2.45) is 0 Å². The van der Waals surface area contributed by atoms with E-state index in [0.717, 1.165) is 16.4 Å². The van der Waals surface area contributed by atoms with Gasteiger partial charge in [-0.15, -0.1) is 0 Å². The average molecular weight is 1120 g/mol. The summed E-state index contributed by atoms with van der Waals surface area (Å²) in [7, 11) is 5.54. The molecule has 0 aliphatic heterocycles. The highest BCUT2D eigenvalue weighted by molar-refractivity contribution is 7.70. The normalized spacial score (nSPS) is 10.7. The van der Waals surface area contributed by atoms with E-state index in [2.05, 4.69) is 49.0 Å². The highest BCUT2D eigenvalue weighted by Crippen LogP contribution is 2.40. The van der Waals surface area contributed by atoms with Crippen molar-refractivity contribution in [2.75, 3.05) is 104 Å². The third kappa shape index (κ3) is 20.9. The number of carboxylic acid groups (broad SMARTS) is 1. The summed E-state index contributed by atoms with van der Waals surface area (Å²) in [5, 5.41) is 19.8. The second kappa shape index (κ2) is 30.8. The van der Waals surface area contributed by atoms with Crippen LogP contribution in [0.3, 0.4) is 0 Å². The van der Waals surface area contributed by atoms with Crippen molar-refractivity contribution in [3.05, 3.63) is 154 Å². The lowest BCUT2D eigenvalue weighted by atomic mass is 10.1. The largest absolute Gasteiger partial charge is 0.496 e. The summed E-state index contributed by atoms with van der Waals surface area (Å²) in [4.78, 5) is 44.1. The van der Waals surface area contributed by atoms with E-state index in [9.17, 15) is 18.7 Å². The lowest BCUT2D eigenvalue weighted by molar-refractivity contribution is -0.132. The predicted octanol–water partition coefficient (Wildman–Crippen LogP) is 11.2. The van der Waals surface area contributed by atoms with Gasteiger partial charge in [-0.05, 0) is 116 Å². The molecule has 0 bridgehead atoms. The number of nitrogens with zero attached hydrogens (tertiary/aromatic N) is 6. The maximum atomic E-state index is 12.7. The summed E-state index contributed by atoms with van der Waals surface area (Å²) in [6, 6.07) is 25.6. The molecular weight excluding hydrogens is 1050 g/mol. The van der Waals surface area contributed by atoms with Crippen molar-refractivity contribution < 1.29 is 33.3 Å². The van der Waals surface area contributed by atoms with E-state index in [0.29, 0.717) is 104 Å². The third-order valence-electron chi connectivity index (χ3n) is 10.2. The zero-order chi connectivity index (χ0) is 54.2. The molecule has 0 radical (unpaired) electrons. The molecule has 0 aliphatic rings. The molecule has 1 amide bonds. The first kappa shape index (κ1) is 67.4. The number of carbonyl (C=O) groups excluding carboxylic acids is 1. The Hall–Kier alpha value is -6.58. The van der Waals surface area contributed by atoms with Gasteiger partial charge in [0, 0.05) is 70.2 Å². The Morgan fingerprint density at radius 1 is 0.658 bits per heavy atom. The van der Waals surface area contributed by atoms with Crippen LogP contribution in [0.4, 0.5) is 34.4 Å². The molecule has 0 atom stereocenters. The van der Waals surface area contributed by atoms with E-state index >= 15 is 0 Å². The van der Waals surface area contributed by atoms with Crippen LogP contribution in [0.5, 0.6) is 11.5 Å². The Morgan fingerprint density at radius 2 is 1.07 bits per heavy atom. The first-order valence-corrected chi connectivity index (χ1v) is 28.4. The molecule has 0 fully saturated rings. The van der Waals surface area contributed by atoms with Gasteiger partial charge < -0.3 is 55.2 Å². The molecule has 4 aromatic carbocycles. The molecular formula is C55H76Cl2N10O7P2. The van der Waals surface area contributed by atoms with Crippen molar-refractivity contribution in [1.82, 2.24) is 29.7 Å². The number of nitrogens with two attached hydrogens (primary N) is 1. The summed E-state index contributed by atoms with van der Waals surface area (Å²) in [5.41, 5.74) is 10.9. The van der Waals surface area contributed by atoms with Gasteiger partial charge in [-0.1, -0.05) is 82.9 Å². The summed E-state index contributed by atoms with van der Waals surface area (Å²) in [5.74, 6) is 2.09. The van der Waals surface area contributed by atoms with Crippen molar-refractivity contribution in [3.63, 3.8) is 0 Å². The maximum absolute atomic E-state index is 12.7. The molecule has 0 spiro atoms. The molecule has 2 aromatic heterocycles. The molecule has 76 heavy (non-hydrogen) atoms. The number of hydrogen-bond acceptors (Lipinski definition) is 15. The van der Waals surface area contributed by atoms with Gasteiger partial charge >= 0.3 is 5.97 Å². The summed E-state index contributed by atoms with van der Waals surface area (Å²) < 4.78 is 36.2. The quantitative estimate of drug-likeness (QED) is 0.0289. The second-order valence-electron chi connectivity index (χ2n) is 17.8. The van der Waals surface area contributed by atoms with Crippen LogP contribution in [0.25, 0.3) is 0 Å². The number of hydrogen-bond donors (Lipinski definition) is 5. The number of benzene rings is 4. The molecule has 0 aliphatic carbocycles. The van der Waals surface area contributed by atoms with Crippen LogP contribution >= 0.6 is 37.5 Å². The fraction of sp³-hybridized carbons (Fsp3) is 0.309. The first-order valence-electron chi connectivity index (χ1n) is 22.4. The van der Waals surface area contributed by atoms with Gasteiger partial charge in [0.05, 0.1) is 38.0 Å². The van der Waals surface area contributed by atoms with Crippen LogP contribution in [0.15, 0.2) is 122 Å². The van der Waals surface area contributed by atoms with Crippen molar-refractivity contribution in [1.29, 1.82) is 0 Å². The molecule has 412 valence electrons. The number of carboxylic acids is 1. The zero-order valence-corrected chi connectivity index (χ0v) is 46.1. The fourth-order valence-electron chi connectivity index (χ4n) is 6.90. The van der Waals surface area contributed by atoms with Crippen LogP contribution in [0.2, 0.25) is 10.0 Å². The van der Waals surface area contributed by atoms with Gasteiger partial charge in [-0.25, -0.2) is 24.7 Å². The number of halogens is 2. The molecule has 6 N–H and O–H groups in total. The van der Waals surface area contributed by atoms with Gasteiger partial charge in [0.2, 0.25) is 0 Å². The molecule has 6 rings (SSSR count). The highest BCUT2D eigenvalue weighted by Gasteiger charge is 2.20. The zero-order valence-electron chi connectivity index (χ0n) is 42.8. The van der Waals surface area contributed by atoms with Crippen LogP contribution in [-0.4, -0.2) is 129 Å². The third-order valence-corrected chi connectivity index (χ3v) is 13.9. The van der Waals surface area contributed by atoms with Gasteiger partial charge in [0.25, 0.3) is 5.91 Å². The molecule has 17 nitrogen and oxygen atoms in total. The monoisotopic (exact) mass is 1120 g/mol. The fourth-order valence-corrected chi connectivity index (χ4v) is 9.49. The number of rotatable bonds is 19. The Kier molecular flexibility index (Phi) is 27.4. The average Bonchev–Trinajstić information content (AvgIpc) is 3.31. The number of nitrogen functional groups attached to an aromatic ring is 1. The Bertz CT molecular complexity index is 3040. The van der Waals surface area contributed by atoms with E-state index < -0.39 is 20.3 Å². The number of aliphatic carboxylic acids is 1. The number of ether oxygens (including phenoxy) is 2. The van der Waals surface area contributed by atoms with Crippen molar-refractivity contribution in [2.45, 2.75) is 35.1 Å². The lowest BCUT2D eigenvalue weighted by Crippen LogP contribution is -2.23. The predicted molar refractivity (Wildman–Crippen MR) is 320 cm³/mol. The first-order chi connectivity index (χ1) is 34.3. The number of para-hydroxylation sites is 2. The van der Waals surface area contributed by atoms with Crippen molar-refractivity contribution >= 4 is 94.4 Å². The van der Waals surface area contributed by atoms with Gasteiger partial charge in [0.1, 0.15) is 47.5 Å². The van der Waals surface area contributed by atoms with Gasteiger partial charge in [-0.3, -0.25) is 4.79 Å². The van der Waals surface area contributed by atoms with Gasteiger partial charge in [-0.2, -0.15) is 0 Å². The van der Waals surface area contributed by atoms with Crippen LogP contribution in [0.1, 0.15) is 45.1 Å².